The van der Waals surface area contributed by atoms with Gasteiger partial charge in [-0.15, -0.1) is 0 Å². The summed E-state index contributed by atoms with van der Waals surface area (Å²) in [4.78, 5) is 4.34. The van der Waals surface area contributed by atoms with E-state index in [4.69, 9.17) is 5.73 Å². The van der Waals surface area contributed by atoms with Crippen molar-refractivity contribution < 1.29 is 4.90 Å². The predicted octanol–water partition coefficient (Wildman–Crippen LogP) is 1.64. The number of nitrogens with zero attached hydrogens (tertiary/aromatic N) is 1. The van der Waals surface area contributed by atoms with Crippen molar-refractivity contribution in [3.05, 3.63) is 29.8 Å². The fourth-order valence-electron chi connectivity index (χ4n) is 4.06. The standard InChI is InChI=1S/C19H31N3/c1-15(2)17-4-7-19(8-5-17)22-11-9-21(10-12-22)14-16-3-6-18(20)13-16/h4-5,7-8,15-16,18H,3,6,9-14,20H2,1-2H3/p+1. The zero-order valence-electron chi connectivity index (χ0n) is 14.2. The summed E-state index contributed by atoms with van der Waals surface area (Å²) in [6, 6.07) is 9.66. The van der Waals surface area contributed by atoms with Gasteiger partial charge in [0.1, 0.15) is 0 Å². The van der Waals surface area contributed by atoms with Crippen LogP contribution in [0.25, 0.3) is 0 Å². The number of nitrogens with two attached hydrogens (primary N) is 1. The second kappa shape index (κ2) is 7.01. The van der Waals surface area contributed by atoms with Gasteiger partial charge in [-0.3, -0.25) is 0 Å². The molecule has 1 saturated heterocycles. The molecule has 0 radical (unpaired) electrons. The van der Waals surface area contributed by atoms with Crippen molar-refractivity contribution in [2.24, 2.45) is 11.7 Å². The van der Waals surface area contributed by atoms with E-state index in [0.717, 1.165) is 5.92 Å². The van der Waals surface area contributed by atoms with Crippen LogP contribution in [0.5, 0.6) is 0 Å². The number of rotatable bonds is 4. The van der Waals surface area contributed by atoms with E-state index in [9.17, 15) is 0 Å². The summed E-state index contributed by atoms with van der Waals surface area (Å²) in [5.74, 6) is 1.50. The minimum absolute atomic E-state index is 0.477. The number of piperazine rings is 1. The van der Waals surface area contributed by atoms with Gasteiger partial charge in [0.2, 0.25) is 0 Å². The molecule has 1 heterocycles. The van der Waals surface area contributed by atoms with Crippen molar-refractivity contribution in [3.8, 4) is 0 Å². The summed E-state index contributed by atoms with van der Waals surface area (Å²) in [6.07, 6.45) is 3.85. The summed E-state index contributed by atoms with van der Waals surface area (Å²) in [7, 11) is 0. The molecule has 1 saturated carbocycles. The van der Waals surface area contributed by atoms with Crippen LogP contribution in [-0.4, -0.2) is 38.8 Å². The van der Waals surface area contributed by atoms with Crippen LogP contribution in [0.1, 0.15) is 44.6 Å². The molecule has 1 aromatic carbocycles. The monoisotopic (exact) mass is 302 g/mol. The molecule has 3 nitrogen and oxygen atoms in total. The third-order valence-electron chi connectivity index (χ3n) is 5.55. The molecule has 122 valence electrons. The Morgan fingerprint density at radius 1 is 1.14 bits per heavy atom. The Morgan fingerprint density at radius 2 is 1.82 bits per heavy atom. The van der Waals surface area contributed by atoms with E-state index in [-0.39, 0.29) is 0 Å². The van der Waals surface area contributed by atoms with Gasteiger partial charge in [0.05, 0.1) is 32.7 Å². The van der Waals surface area contributed by atoms with Crippen LogP contribution in [0.15, 0.2) is 24.3 Å². The lowest BCUT2D eigenvalue weighted by molar-refractivity contribution is -0.904. The van der Waals surface area contributed by atoms with Gasteiger partial charge >= 0.3 is 0 Å². The number of anilines is 1. The lowest BCUT2D eigenvalue weighted by Crippen LogP contribution is -3.15. The quantitative estimate of drug-likeness (QED) is 0.886. The molecule has 3 N–H and O–H groups in total. The summed E-state index contributed by atoms with van der Waals surface area (Å²) < 4.78 is 0. The largest absolute Gasteiger partial charge is 0.360 e. The maximum absolute atomic E-state index is 6.04. The predicted molar refractivity (Wildman–Crippen MR) is 93.6 cm³/mol. The highest BCUT2D eigenvalue weighted by Crippen LogP contribution is 2.23. The Kier molecular flexibility index (Phi) is 5.04. The van der Waals surface area contributed by atoms with Crippen molar-refractivity contribution in [1.29, 1.82) is 0 Å². The third-order valence-corrected chi connectivity index (χ3v) is 5.55. The van der Waals surface area contributed by atoms with Crippen molar-refractivity contribution in [2.45, 2.75) is 45.1 Å². The topological polar surface area (TPSA) is 33.7 Å². The van der Waals surface area contributed by atoms with E-state index in [0.29, 0.717) is 12.0 Å². The molecule has 1 aliphatic carbocycles. The fraction of sp³-hybridized carbons (Fsp3) is 0.684. The minimum atomic E-state index is 0.477. The number of hydrogen-bond acceptors (Lipinski definition) is 2. The smallest absolute Gasteiger partial charge is 0.0949 e. The van der Waals surface area contributed by atoms with Crippen molar-refractivity contribution >= 4 is 5.69 Å². The first-order valence-electron chi connectivity index (χ1n) is 9.06. The number of benzene rings is 1. The molecule has 2 atom stereocenters. The molecule has 0 bridgehead atoms. The first-order valence-corrected chi connectivity index (χ1v) is 9.06. The van der Waals surface area contributed by atoms with Crippen molar-refractivity contribution in [2.75, 3.05) is 37.6 Å². The highest BCUT2D eigenvalue weighted by Gasteiger charge is 2.28. The average Bonchev–Trinajstić information content (AvgIpc) is 2.93. The van der Waals surface area contributed by atoms with E-state index in [2.05, 4.69) is 43.0 Å². The Balaban J connectivity index is 1.48. The fourth-order valence-corrected chi connectivity index (χ4v) is 4.06. The summed E-state index contributed by atoms with van der Waals surface area (Å²) in [5.41, 5.74) is 8.87. The molecular weight excluding hydrogens is 270 g/mol. The molecule has 1 aliphatic heterocycles. The number of nitrogens with one attached hydrogen (secondary N) is 1. The van der Waals surface area contributed by atoms with Gasteiger partial charge in [-0.05, 0) is 42.9 Å². The van der Waals surface area contributed by atoms with E-state index < -0.39 is 0 Å². The third kappa shape index (κ3) is 3.82. The van der Waals surface area contributed by atoms with Crippen LogP contribution in [0.3, 0.4) is 0 Å². The average molecular weight is 302 g/mol. The molecule has 1 aromatic rings. The molecule has 0 aromatic heterocycles. The molecule has 0 amide bonds. The van der Waals surface area contributed by atoms with Crippen LogP contribution < -0.4 is 15.5 Å². The number of quaternary nitrogens is 1. The van der Waals surface area contributed by atoms with Crippen LogP contribution in [-0.2, 0) is 0 Å². The van der Waals surface area contributed by atoms with E-state index >= 15 is 0 Å². The minimum Gasteiger partial charge on any atom is -0.360 e. The molecule has 2 fully saturated rings. The lowest BCUT2D eigenvalue weighted by atomic mass is 10.0. The van der Waals surface area contributed by atoms with Crippen molar-refractivity contribution in [1.82, 2.24) is 0 Å². The van der Waals surface area contributed by atoms with Gasteiger partial charge in [-0.1, -0.05) is 26.0 Å². The normalized spacial score (nSPS) is 26.8. The first-order chi connectivity index (χ1) is 10.6. The molecule has 22 heavy (non-hydrogen) atoms. The molecular formula is C19H32N3+. The SMILES string of the molecule is CC(C)c1ccc(N2CC[NH+](CC3CCC(N)C3)CC2)cc1. The Hall–Kier alpha value is -1.06. The molecule has 2 aliphatic rings. The molecule has 3 rings (SSSR count). The van der Waals surface area contributed by atoms with Crippen LogP contribution >= 0.6 is 0 Å². The molecule has 0 spiro atoms. The van der Waals surface area contributed by atoms with Gasteiger partial charge < -0.3 is 15.5 Å². The zero-order chi connectivity index (χ0) is 15.5. The second-order valence-corrected chi connectivity index (χ2v) is 7.63. The Morgan fingerprint density at radius 3 is 2.36 bits per heavy atom. The van der Waals surface area contributed by atoms with Crippen molar-refractivity contribution in [3.63, 3.8) is 0 Å². The first kappa shape index (κ1) is 15.8. The van der Waals surface area contributed by atoms with Gasteiger partial charge in [-0.25, -0.2) is 0 Å². The lowest BCUT2D eigenvalue weighted by Gasteiger charge is -2.34. The van der Waals surface area contributed by atoms with Crippen LogP contribution in [0, 0.1) is 5.92 Å². The zero-order valence-corrected chi connectivity index (χ0v) is 14.2. The van der Waals surface area contributed by atoms with Gasteiger partial charge in [0.15, 0.2) is 0 Å². The van der Waals surface area contributed by atoms with Gasteiger partial charge in [-0.2, -0.15) is 0 Å². The maximum atomic E-state index is 6.04. The summed E-state index contributed by atoms with van der Waals surface area (Å²) in [5, 5.41) is 0. The molecule has 2 unspecified atom stereocenters. The molecule has 3 heteroatoms. The Labute approximate surface area is 135 Å². The number of hydrogen-bond donors (Lipinski definition) is 2. The highest BCUT2D eigenvalue weighted by molar-refractivity contribution is 5.48. The van der Waals surface area contributed by atoms with E-state index in [1.807, 2.05) is 0 Å². The Bertz CT molecular complexity index is 460. The van der Waals surface area contributed by atoms with Gasteiger partial charge in [0, 0.05) is 17.6 Å². The second-order valence-electron chi connectivity index (χ2n) is 7.63. The summed E-state index contributed by atoms with van der Waals surface area (Å²) >= 11 is 0. The van der Waals surface area contributed by atoms with Crippen LogP contribution in [0.2, 0.25) is 0 Å². The van der Waals surface area contributed by atoms with E-state index in [1.54, 1.807) is 4.90 Å². The van der Waals surface area contributed by atoms with Gasteiger partial charge in [0.25, 0.3) is 0 Å². The van der Waals surface area contributed by atoms with E-state index in [1.165, 1.54) is 63.2 Å². The summed E-state index contributed by atoms with van der Waals surface area (Å²) in [6.45, 7) is 10.8. The maximum Gasteiger partial charge on any atom is 0.0949 e. The van der Waals surface area contributed by atoms with Crippen LogP contribution in [0.4, 0.5) is 5.69 Å². The highest BCUT2D eigenvalue weighted by atomic mass is 15.3.